The van der Waals surface area contributed by atoms with Crippen LogP contribution in [0, 0.1) is 5.92 Å². The van der Waals surface area contributed by atoms with Gasteiger partial charge in [-0.3, -0.25) is 23.9 Å². The summed E-state index contributed by atoms with van der Waals surface area (Å²) in [5, 5.41) is 13.3. The van der Waals surface area contributed by atoms with Crippen molar-refractivity contribution in [1.29, 1.82) is 0 Å². The maximum Gasteiger partial charge on any atom is 0.308 e. The minimum atomic E-state index is -0.165. The number of carbonyl (C=O) groups excluding carboxylic acids is 2. The normalized spacial score (nSPS) is 20.3. The van der Waals surface area contributed by atoms with Gasteiger partial charge in [0.25, 0.3) is 0 Å². The third-order valence-corrected chi connectivity index (χ3v) is 6.62. The Morgan fingerprint density at radius 3 is 2.73 bits per heavy atom. The highest BCUT2D eigenvalue weighted by atomic mass is 32.1. The first-order chi connectivity index (χ1) is 14.5. The van der Waals surface area contributed by atoms with Crippen molar-refractivity contribution in [2.75, 3.05) is 39.3 Å². The maximum atomic E-state index is 12.8. The number of piperazine rings is 1. The molecule has 4 rings (SSSR count). The SMILES string of the molecule is CC1CC(=O)NN=C1c1ccc2sc(=O)n(CC(=O)N3CCN(CCO)CC3)c2c1. The first-order valence-electron chi connectivity index (χ1n) is 10.1. The quantitative estimate of drug-likeness (QED) is 0.696. The van der Waals surface area contributed by atoms with Crippen molar-refractivity contribution in [1.82, 2.24) is 19.8 Å². The van der Waals surface area contributed by atoms with Crippen LogP contribution in [0.25, 0.3) is 10.2 Å². The number of hydrogen-bond donors (Lipinski definition) is 2. The minimum Gasteiger partial charge on any atom is -0.395 e. The number of rotatable bonds is 5. The van der Waals surface area contributed by atoms with Crippen LogP contribution in [0.2, 0.25) is 0 Å². The van der Waals surface area contributed by atoms with Gasteiger partial charge < -0.3 is 10.0 Å². The second kappa shape index (κ2) is 8.66. The molecule has 2 aromatic rings. The smallest absolute Gasteiger partial charge is 0.308 e. The predicted octanol–water partition coefficient (Wildman–Crippen LogP) is 0.0596. The first kappa shape index (κ1) is 20.7. The molecular weight excluding hydrogens is 406 g/mol. The molecule has 3 heterocycles. The van der Waals surface area contributed by atoms with E-state index in [2.05, 4.69) is 15.4 Å². The summed E-state index contributed by atoms with van der Waals surface area (Å²) in [7, 11) is 0. The van der Waals surface area contributed by atoms with Crippen LogP contribution in [-0.2, 0) is 16.1 Å². The standard InChI is InChI=1S/C20H25N5O4S/c1-13-10-17(27)21-22-19(13)14-2-3-16-15(11-14)25(20(29)30-16)12-18(28)24-6-4-23(5-7-24)8-9-26/h2-3,11,13,26H,4-10,12H2,1H3,(H,21,27). The molecule has 0 spiro atoms. The monoisotopic (exact) mass is 431 g/mol. The van der Waals surface area contributed by atoms with Crippen LogP contribution in [-0.4, -0.2) is 76.3 Å². The molecule has 2 N–H and O–H groups in total. The number of amides is 2. The van der Waals surface area contributed by atoms with E-state index in [0.29, 0.717) is 31.6 Å². The average molecular weight is 432 g/mol. The lowest BCUT2D eigenvalue weighted by Crippen LogP contribution is -2.50. The van der Waals surface area contributed by atoms with Gasteiger partial charge in [-0.05, 0) is 12.1 Å². The van der Waals surface area contributed by atoms with Crippen LogP contribution >= 0.6 is 11.3 Å². The van der Waals surface area contributed by atoms with E-state index < -0.39 is 0 Å². The summed E-state index contributed by atoms with van der Waals surface area (Å²) >= 11 is 1.12. The fraction of sp³-hybridized carbons (Fsp3) is 0.500. The number of fused-ring (bicyclic) bond motifs is 1. The van der Waals surface area contributed by atoms with Gasteiger partial charge in [0, 0.05) is 50.6 Å². The lowest BCUT2D eigenvalue weighted by Gasteiger charge is -2.34. The number of hydrazone groups is 1. The third kappa shape index (κ3) is 4.16. The highest BCUT2D eigenvalue weighted by Gasteiger charge is 2.24. The number of nitrogens with zero attached hydrogens (tertiary/aromatic N) is 4. The summed E-state index contributed by atoms with van der Waals surface area (Å²) in [6.07, 6.45) is 0.369. The van der Waals surface area contributed by atoms with E-state index in [-0.39, 0.29) is 35.8 Å². The molecule has 160 valence electrons. The average Bonchev–Trinajstić information content (AvgIpc) is 3.03. The Labute approximate surface area is 177 Å². The zero-order valence-corrected chi connectivity index (χ0v) is 17.7. The molecule has 2 aliphatic heterocycles. The summed E-state index contributed by atoms with van der Waals surface area (Å²) in [6.45, 7) is 5.30. The van der Waals surface area contributed by atoms with Crippen LogP contribution in [0.1, 0.15) is 18.9 Å². The van der Waals surface area contributed by atoms with Gasteiger partial charge in [-0.25, -0.2) is 5.43 Å². The van der Waals surface area contributed by atoms with Crippen molar-refractivity contribution < 1.29 is 14.7 Å². The summed E-state index contributed by atoms with van der Waals surface area (Å²) in [5.41, 5.74) is 4.84. The summed E-state index contributed by atoms with van der Waals surface area (Å²) in [5.74, 6) is -0.210. The van der Waals surface area contributed by atoms with E-state index in [0.717, 1.165) is 40.4 Å². The Balaban J connectivity index is 1.56. The van der Waals surface area contributed by atoms with Gasteiger partial charge in [0.1, 0.15) is 6.54 Å². The minimum absolute atomic E-state index is 0.00104. The van der Waals surface area contributed by atoms with Gasteiger partial charge >= 0.3 is 4.87 Å². The van der Waals surface area contributed by atoms with Crippen molar-refractivity contribution in [3.63, 3.8) is 0 Å². The van der Waals surface area contributed by atoms with E-state index in [1.807, 2.05) is 25.1 Å². The maximum absolute atomic E-state index is 12.8. The van der Waals surface area contributed by atoms with E-state index in [9.17, 15) is 14.4 Å². The number of aromatic nitrogens is 1. The van der Waals surface area contributed by atoms with E-state index in [1.165, 1.54) is 4.57 Å². The van der Waals surface area contributed by atoms with Crippen molar-refractivity contribution in [3.8, 4) is 0 Å². The van der Waals surface area contributed by atoms with Crippen LogP contribution in [0.5, 0.6) is 0 Å². The van der Waals surface area contributed by atoms with Gasteiger partial charge in [-0.15, -0.1) is 0 Å². The molecule has 0 bridgehead atoms. The van der Waals surface area contributed by atoms with Crippen molar-refractivity contribution in [2.45, 2.75) is 19.9 Å². The lowest BCUT2D eigenvalue weighted by atomic mass is 9.94. The molecule has 1 atom stereocenters. The second-order valence-corrected chi connectivity index (χ2v) is 8.71. The number of thiazole rings is 1. The number of aliphatic hydroxyl groups is 1. The zero-order chi connectivity index (χ0) is 21.3. The molecule has 10 heteroatoms. The molecule has 1 unspecified atom stereocenters. The molecule has 0 radical (unpaired) electrons. The van der Waals surface area contributed by atoms with E-state index in [1.54, 1.807) is 4.90 Å². The van der Waals surface area contributed by atoms with Gasteiger partial charge in [0.05, 0.1) is 22.5 Å². The lowest BCUT2D eigenvalue weighted by molar-refractivity contribution is -0.133. The second-order valence-electron chi connectivity index (χ2n) is 7.72. The summed E-state index contributed by atoms with van der Waals surface area (Å²) in [6, 6.07) is 5.65. The molecule has 2 amide bonds. The number of carbonyl (C=O) groups is 2. The molecule has 9 nitrogen and oxygen atoms in total. The van der Waals surface area contributed by atoms with Gasteiger partial charge in [-0.2, -0.15) is 5.10 Å². The first-order valence-corrected chi connectivity index (χ1v) is 10.9. The van der Waals surface area contributed by atoms with Gasteiger partial charge in [0.2, 0.25) is 11.8 Å². The van der Waals surface area contributed by atoms with E-state index >= 15 is 0 Å². The molecule has 30 heavy (non-hydrogen) atoms. The predicted molar refractivity (Wildman–Crippen MR) is 115 cm³/mol. The van der Waals surface area contributed by atoms with Crippen molar-refractivity contribution in [2.24, 2.45) is 11.0 Å². The largest absolute Gasteiger partial charge is 0.395 e. The number of benzene rings is 1. The summed E-state index contributed by atoms with van der Waals surface area (Å²) in [4.78, 5) is 40.7. The van der Waals surface area contributed by atoms with Crippen molar-refractivity contribution in [3.05, 3.63) is 33.4 Å². The highest BCUT2D eigenvalue weighted by Crippen LogP contribution is 2.23. The molecule has 1 fully saturated rings. The molecule has 1 aromatic carbocycles. The number of β-amino-alcohol motifs (C(OH)–C–C–N with tert-alkyl or cyclic N) is 1. The topological polar surface area (TPSA) is 107 Å². The Morgan fingerprint density at radius 1 is 1.27 bits per heavy atom. The fourth-order valence-corrected chi connectivity index (χ4v) is 4.84. The molecule has 0 saturated carbocycles. The van der Waals surface area contributed by atoms with Gasteiger partial charge in [-0.1, -0.05) is 24.3 Å². The van der Waals surface area contributed by atoms with Crippen LogP contribution < -0.4 is 10.3 Å². The van der Waals surface area contributed by atoms with Gasteiger partial charge in [0.15, 0.2) is 0 Å². The van der Waals surface area contributed by atoms with Crippen LogP contribution in [0.15, 0.2) is 28.1 Å². The highest BCUT2D eigenvalue weighted by molar-refractivity contribution is 7.16. The molecule has 1 aromatic heterocycles. The molecular formula is C20H25N5O4S. The van der Waals surface area contributed by atoms with Crippen LogP contribution in [0.4, 0.5) is 0 Å². The third-order valence-electron chi connectivity index (χ3n) is 5.66. The Morgan fingerprint density at radius 2 is 2.03 bits per heavy atom. The molecule has 0 aliphatic carbocycles. The molecule has 1 saturated heterocycles. The summed E-state index contributed by atoms with van der Waals surface area (Å²) < 4.78 is 2.34. The van der Waals surface area contributed by atoms with Crippen molar-refractivity contribution >= 4 is 39.1 Å². The zero-order valence-electron chi connectivity index (χ0n) is 16.8. The van der Waals surface area contributed by atoms with Crippen LogP contribution in [0.3, 0.4) is 0 Å². The number of nitrogens with one attached hydrogen (secondary N) is 1. The Kier molecular flexibility index (Phi) is 5.98. The van der Waals surface area contributed by atoms with E-state index in [4.69, 9.17) is 5.11 Å². The number of aliphatic hydroxyl groups excluding tert-OH is 1. The fourth-order valence-electron chi connectivity index (χ4n) is 3.97. The Bertz CT molecular complexity index is 1050. The molecule has 2 aliphatic rings. The Hall–Kier alpha value is -2.56. The number of hydrogen-bond acceptors (Lipinski definition) is 7.